The van der Waals surface area contributed by atoms with Gasteiger partial charge in [-0.2, -0.15) is 0 Å². The van der Waals surface area contributed by atoms with Gasteiger partial charge >= 0.3 is 0 Å². The smallest absolute Gasteiger partial charge is 0.297 e. The largest absolute Gasteiger partial charge is 0.450 e. The second-order valence-corrected chi connectivity index (χ2v) is 13.8. The van der Waals surface area contributed by atoms with Crippen LogP contribution in [0.2, 0.25) is 0 Å². The SMILES string of the molecule is Cc1cccc(CN2C(=O)C3(c4ccccc42)c2c(oc4ccc(C)cc4c2=O)C(=O)N3c2nnc(SCc3ccccc3F)s2)c1. The number of hydrogen-bond acceptors (Lipinski definition) is 8. The molecule has 0 bridgehead atoms. The van der Waals surface area contributed by atoms with E-state index in [-0.39, 0.29) is 45.5 Å². The number of amides is 2. The maximum atomic E-state index is 15.1. The predicted molar refractivity (Wildman–Crippen MR) is 179 cm³/mol. The Labute approximate surface area is 276 Å². The first-order chi connectivity index (χ1) is 22.8. The summed E-state index contributed by atoms with van der Waals surface area (Å²) in [6.07, 6.45) is 0. The van der Waals surface area contributed by atoms with Crippen LogP contribution < -0.4 is 15.2 Å². The Morgan fingerprint density at radius 2 is 1.68 bits per heavy atom. The molecule has 1 unspecified atom stereocenters. The molecule has 2 aliphatic heterocycles. The molecule has 2 aliphatic rings. The Hall–Kier alpha value is -5.13. The van der Waals surface area contributed by atoms with Gasteiger partial charge in [0.25, 0.3) is 11.8 Å². The minimum absolute atomic E-state index is 0.0412. The molecule has 1 spiro atoms. The topological polar surface area (TPSA) is 96.6 Å². The van der Waals surface area contributed by atoms with Crippen LogP contribution >= 0.6 is 23.1 Å². The van der Waals surface area contributed by atoms with Gasteiger partial charge < -0.3 is 9.32 Å². The zero-order valence-corrected chi connectivity index (χ0v) is 26.8. The first-order valence-electron chi connectivity index (χ1n) is 14.9. The van der Waals surface area contributed by atoms with Gasteiger partial charge in [-0.1, -0.05) is 101 Å². The average molecular weight is 661 g/mol. The Balaban J connectivity index is 1.33. The molecule has 4 aromatic carbocycles. The standard InChI is InChI=1S/C36H25FN4O4S2/c1-20-8-7-9-22(16-20)18-40-27-13-6-4-11-25(27)36(33(40)44)29-30(42)24-17-21(2)14-15-28(24)45-31(29)32(43)41(36)34-38-39-35(47-34)46-19-23-10-3-5-12-26(23)37/h3-17H,18-19H2,1-2H3. The van der Waals surface area contributed by atoms with Crippen molar-refractivity contribution >= 4 is 56.7 Å². The van der Waals surface area contributed by atoms with E-state index in [0.29, 0.717) is 21.2 Å². The Kier molecular flexibility index (Phi) is 6.85. The summed E-state index contributed by atoms with van der Waals surface area (Å²) in [7, 11) is 0. The molecule has 8 nitrogen and oxygen atoms in total. The number of hydrogen-bond donors (Lipinski definition) is 0. The van der Waals surface area contributed by atoms with Gasteiger partial charge in [0, 0.05) is 11.3 Å². The lowest BCUT2D eigenvalue weighted by atomic mass is 9.84. The highest BCUT2D eigenvalue weighted by atomic mass is 32.2. The Bertz CT molecular complexity index is 2340. The molecule has 6 aromatic rings. The van der Waals surface area contributed by atoms with Crippen molar-refractivity contribution < 1.29 is 18.4 Å². The number of carbonyl (C=O) groups excluding carboxylic acids is 2. The van der Waals surface area contributed by atoms with E-state index in [4.69, 9.17) is 4.42 Å². The monoisotopic (exact) mass is 660 g/mol. The molecule has 0 fully saturated rings. The Morgan fingerprint density at radius 3 is 2.51 bits per heavy atom. The zero-order valence-electron chi connectivity index (χ0n) is 25.2. The number of halogens is 1. The fourth-order valence-electron chi connectivity index (χ4n) is 6.53. The van der Waals surface area contributed by atoms with Gasteiger partial charge in [0.2, 0.25) is 10.9 Å². The highest BCUT2D eigenvalue weighted by Gasteiger charge is 2.66. The normalized spacial score (nSPS) is 16.8. The Morgan fingerprint density at radius 1 is 0.894 bits per heavy atom. The van der Waals surface area contributed by atoms with Crippen LogP contribution in [-0.4, -0.2) is 22.0 Å². The number of para-hydroxylation sites is 1. The lowest BCUT2D eigenvalue weighted by molar-refractivity contribution is -0.121. The second-order valence-electron chi connectivity index (χ2n) is 11.6. The molecule has 8 rings (SSSR count). The van der Waals surface area contributed by atoms with E-state index in [9.17, 15) is 14.0 Å². The summed E-state index contributed by atoms with van der Waals surface area (Å²) in [5.74, 6) is -1.38. The number of benzene rings is 4. The van der Waals surface area contributed by atoms with Gasteiger partial charge in [0.05, 0.1) is 23.2 Å². The molecule has 0 aliphatic carbocycles. The summed E-state index contributed by atoms with van der Waals surface area (Å²) in [6.45, 7) is 4.06. The number of nitrogens with zero attached hydrogens (tertiary/aromatic N) is 4. The molecule has 232 valence electrons. The molecule has 11 heteroatoms. The van der Waals surface area contributed by atoms with Crippen LogP contribution in [-0.2, 0) is 22.6 Å². The molecule has 0 N–H and O–H groups in total. The minimum Gasteiger partial charge on any atom is -0.450 e. The van der Waals surface area contributed by atoms with Crippen LogP contribution in [0, 0.1) is 19.7 Å². The number of aryl methyl sites for hydroxylation is 2. The summed E-state index contributed by atoms with van der Waals surface area (Å²) >= 11 is 2.36. The lowest BCUT2D eigenvalue weighted by Crippen LogP contribution is -2.53. The van der Waals surface area contributed by atoms with Gasteiger partial charge in [0.15, 0.2) is 15.3 Å². The van der Waals surface area contributed by atoms with E-state index in [1.165, 1.54) is 22.7 Å². The molecule has 0 radical (unpaired) electrons. The summed E-state index contributed by atoms with van der Waals surface area (Å²) < 4.78 is 21.0. The second kappa shape index (κ2) is 11.0. The van der Waals surface area contributed by atoms with Crippen LogP contribution in [0.25, 0.3) is 11.0 Å². The highest BCUT2D eigenvalue weighted by molar-refractivity contribution is 8.00. The van der Waals surface area contributed by atoms with E-state index >= 15 is 4.79 Å². The van der Waals surface area contributed by atoms with Gasteiger partial charge in [0.1, 0.15) is 11.4 Å². The number of carbonyl (C=O) groups is 2. The molecule has 2 amide bonds. The van der Waals surface area contributed by atoms with Gasteiger partial charge in [-0.05, 0) is 49.2 Å². The van der Waals surface area contributed by atoms with Crippen molar-refractivity contribution in [3.05, 3.63) is 146 Å². The van der Waals surface area contributed by atoms with Crippen molar-refractivity contribution in [1.29, 1.82) is 0 Å². The number of thioether (sulfide) groups is 1. The molecular weight excluding hydrogens is 636 g/mol. The number of fused-ring (bicyclic) bond motifs is 5. The molecule has 0 saturated heterocycles. The average Bonchev–Trinajstić information content (AvgIpc) is 3.70. The van der Waals surface area contributed by atoms with Crippen LogP contribution in [0.4, 0.5) is 15.2 Å². The minimum atomic E-state index is -1.89. The van der Waals surface area contributed by atoms with Crippen molar-refractivity contribution in [3.8, 4) is 0 Å². The summed E-state index contributed by atoms with van der Waals surface area (Å²) in [5, 5.41) is 9.08. The summed E-state index contributed by atoms with van der Waals surface area (Å²) in [6, 6.07) is 26.7. The maximum Gasteiger partial charge on any atom is 0.297 e. The first-order valence-corrected chi connectivity index (χ1v) is 16.7. The number of rotatable bonds is 6. The fourth-order valence-corrected chi connectivity index (χ4v) is 8.41. The third-order valence-corrected chi connectivity index (χ3v) is 10.7. The predicted octanol–water partition coefficient (Wildman–Crippen LogP) is 7.14. The van der Waals surface area contributed by atoms with Crippen molar-refractivity contribution in [2.24, 2.45) is 0 Å². The van der Waals surface area contributed by atoms with Crippen molar-refractivity contribution in [2.75, 3.05) is 9.80 Å². The maximum absolute atomic E-state index is 15.1. The fraction of sp³-hybridized carbons (Fsp3) is 0.139. The van der Waals surface area contributed by atoms with Gasteiger partial charge in [-0.15, -0.1) is 10.2 Å². The van der Waals surface area contributed by atoms with Crippen molar-refractivity contribution in [1.82, 2.24) is 10.2 Å². The number of aromatic nitrogens is 2. The van der Waals surface area contributed by atoms with E-state index in [2.05, 4.69) is 10.2 Å². The van der Waals surface area contributed by atoms with Crippen LogP contribution in [0.15, 0.2) is 105 Å². The van der Waals surface area contributed by atoms with Crippen molar-refractivity contribution in [2.45, 2.75) is 36.0 Å². The third-order valence-electron chi connectivity index (χ3n) is 8.60. The molecule has 2 aromatic heterocycles. The van der Waals surface area contributed by atoms with Crippen molar-refractivity contribution in [3.63, 3.8) is 0 Å². The zero-order chi connectivity index (χ0) is 32.4. The van der Waals surface area contributed by atoms with Crippen LogP contribution in [0.1, 0.15) is 43.9 Å². The molecule has 0 saturated carbocycles. The number of anilines is 2. The lowest BCUT2D eigenvalue weighted by Gasteiger charge is -2.32. The van der Waals surface area contributed by atoms with E-state index in [1.807, 2.05) is 50.2 Å². The molecular formula is C36H25FN4O4S2. The third kappa shape index (κ3) is 4.44. The van der Waals surface area contributed by atoms with E-state index in [0.717, 1.165) is 28.0 Å². The quantitative estimate of drug-likeness (QED) is 0.138. The van der Waals surface area contributed by atoms with Gasteiger partial charge in [-0.3, -0.25) is 19.3 Å². The molecule has 4 heterocycles. The molecule has 47 heavy (non-hydrogen) atoms. The van der Waals surface area contributed by atoms with E-state index < -0.39 is 22.8 Å². The van der Waals surface area contributed by atoms with Gasteiger partial charge in [-0.25, -0.2) is 4.39 Å². The summed E-state index contributed by atoms with van der Waals surface area (Å²) in [4.78, 5) is 47.1. The molecule has 1 atom stereocenters. The van der Waals surface area contributed by atoms with E-state index in [1.54, 1.807) is 53.4 Å². The van der Waals surface area contributed by atoms with Crippen LogP contribution in [0.3, 0.4) is 0 Å². The van der Waals surface area contributed by atoms with Crippen LogP contribution in [0.5, 0.6) is 0 Å². The highest BCUT2D eigenvalue weighted by Crippen LogP contribution is 2.55. The first kappa shape index (κ1) is 29.3. The summed E-state index contributed by atoms with van der Waals surface area (Å²) in [5.41, 5.74) is 2.17.